The molecule has 0 aliphatic rings. The number of aromatic nitrogens is 1. The van der Waals surface area contributed by atoms with Crippen LogP contribution in [0.15, 0.2) is 22.0 Å². The maximum atomic E-state index is 12.0. The molecule has 0 radical (unpaired) electrons. The van der Waals surface area contributed by atoms with E-state index in [0.29, 0.717) is 0 Å². The molecule has 0 spiro atoms. The van der Waals surface area contributed by atoms with Gasteiger partial charge in [-0.1, -0.05) is 11.6 Å². The molecule has 0 aromatic carbocycles. The second-order valence-electron chi connectivity index (χ2n) is 3.65. The first-order valence-electron chi connectivity index (χ1n) is 4.78. The van der Waals surface area contributed by atoms with Gasteiger partial charge in [-0.3, -0.25) is 4.79 Å². The number of pyridine rings is 1. The van der Waals surface area contributed by atoms with Crippen molar-refractivity contribution < 1.29 is 13.5 Å². The molecule has 1 aromatic heterocycles. The first kappa shape index (κ1) is 14.2. The van der Waals surface area contributed by atoms with E-state index in [4.69, 9.17) is 16.7 Å². The average Bonchev–Trinajstić information content (AvgIpc) is 2.20. The molecule has 1 atom stereocenters. The summed E-state index contributed by atoms with van der Waals surface area (Å²) in [7, 11) is -2.42. The van der Waals surface area contributed by atoms with E-state index in [0.717, 1.165) is 16.6 Å². The number of aromatic amines is 1. The first-order chi connectivity index (χ1) is 7.75. The molecule has 0 saturated heterocycles. The Kier molecular flexibility index (Phi) is 4.31. The van der Waals surface area contributed by atoms with Crippen LogP contribution in [-0.2, 0) is 10.0 Å². The fourth-order valence-electron chi connectivity index (χ4n) is 1.24. The van der Waals surface area contributed by atoms with Crippen molar-refractivity contribution in [1.82, 2.24) is 9.29 Å². The Morgan fingerprint density at radius 1 is 1.59 bits per heavy atom. The van der Waals surface area contributed by atoms with Crippen molar-refractivity contribution in [1.29, 1.82) is 0 Å². The Balaban J connectivity index is 3.13. The number of sulfonamides is 1. The van der Waals surface area contributed by atoms with Crippen LogP contribution in [0.5, 0.6) is 0 Å². The lowest BCUT2D eigenvalue weighted by Gasteiger charge is -2.18. The minimum absolute atomic E-state index is 0.0426. The molecule has 0 aliphatic heterocycles. The zero-order chi connectivity index (χ0) is 13.2. The minimum atomic E-state index is -3.75. The zero-order valence-corrected chi connectivity index (χ0v) is 10.9. The first-order valence-corrected chi connectivity index (χ1v) is 6.59. The molecular formula is C9H13ClN2O4S. The van der Waals surface area contributed by atoms with Gasteiger partial charge >= 0.3 is 0 Å². The maximum Gasteiger partial charge on any atom is 0.266 e. The summed E-state index contributed by atoms with van der Waals surface area (Å²) in [6.45, 7) is 1.44. The lowest BCUT2D eigenvalue weighted by atomic mass is 10.4. The number of aliphatic hydroxyl groups is 1. The largest absolute Gasteiger partial charge is 0.392 e. The lowest BCUT2D eigenvalue weighted by molar-refractivity contribution is 0.171. The highest BCUT2D eigenvalue weighted by molar-refractivity contribution is 7.89. The molecule has 0 bridgehead atoms. The van der Waals surface area contributed by atoms with Gasteiger partial charge in [-0.2, -0.15) is 4.31 Å². The van der Waals surface area contributed by atoms with Gasteiger partial charge in [0.1, 0.15) is 5.02 Å². The van der Waals surface area contributed by atoms with Crippen molar-refractivity contribution in [2.45, 2.75) is 17.9 Å². The molecule has 8 heteroatoms. The molecule has 17 heavy (non-hydrogen) atoms. The molecule has 96 valence electrons. The number of hydrogen-bond donors (Lipinski definition) is 2. The Morgan fingerprint density at radius 3 is 2.65 bits per heavy atom. The molecule has 0 fully saturated rings. The number of nitrogens with zero attached hydrogens (tertiary/aromatic N) is 1. The summed E-state index contributed by atoms with van der Waals surface area (Å²) in [5.41, 5.74) is -0.552. The van der Waals surface area contributed by atoms with Crippen molar-refractivity contribution in [3.05, 3.63) is 27.6 Å². The third-order valence-electron chi connectivity index (χ3n) is 2.06. The Hall–Kier alpha value is -0.890. The van der Waals surface area contributed by atoms with Gasteiger partial charge in [0.2, 0.25) is 10.0 Å². The van der Waals surface area contributed by atoms with Gasteiger partial charge in [0.25, 0.3) is 5.56 Å². The molecule has 0 saturated carbocycles. The van der Waals surface area contributed by atoms with Crippen molar-refractivity contribution in [2.24, 2.45) is 0 Å². The van der Waals surface area contributed by atoms with Crippen LogP contribution in [-0.4, -0.2) is 42.5 Å². The predicted molar refractivity (Wildman–Crippen MR) is 63.6 cm³/mol. The molecule has 1 aromatic rings. The summed E-state index contributed by atoms with van der Waals surface area (Å²) in [6.07, 6.45) is 0.287. The Labute approximate surface area is 104 Å². The van der Waals surface area contributed by atoms with E-state index in [9.17, 15) is 13.2 Å². The predicted octanol–water partition coefficient (Wildman–Crippen LogP) is 0.0296. The molecule has 1 rings (SSSR count). The van der Waals surface area contributed by atoms with Crippen LogP contribution >= 0.6 is 11.6 Å². The van der Waals surface area contributed by atoms with Crippen LogP contribution in [0.2, 0.25) is 5.02 Å². The monoisotopic (exact) mass is 280 g/mol. The highest BCUT2D eigenvalue weighted by atomic mass is 35.5. The summed E-state index contributed by atoms with van der Waals surface area (Å²) in [5.74, 6) is 0. The van der Waals surface area contributed by atoms with E-state index in [2.05, 4.69) is 4.98 Å². The molecule has 0 amide bonds. The maximum absolute atomic E-state index is 12.0. The van der Waals surface area contributed by atoms with Crippen molar-refractivity contribution >= 4 is 21.6 Å². The van der Waals surface area contributed by atoms with Gasteiger partial charge in [0.05, 0.1) is 11.0 Å². The Bertz CT molecular complexity index is 552. The van der Waals surface area contributed by atoms with Crippen LogP contribution in [0.25, 0.3) is 0 Å². The second kappa shape index (κ2) is 5.18. The quantitative estimate of drug-likeness (QED) is 0.814. The van der Waals surface area contributed by atoms with Crippen LogP contribution < -0.4 is 5.56 Å². The van der Waals surface area contributed by atoms with E-state index in [1.807, 2.05) is 0 Å². The standard InChI is InChI=1S/C9H13ClN2O4S/c1-6(13)5-12(2)17(15,16)7-3-8(10)9(14)11-4-7/h3-4,6,13H,5H2,1-2H3,(H,11,14). The van der Waals surface area contributed by atoms with Gasteiger partial charge in [0, 0.05) is 19.8 Å². The van der Waals surface area contributed by atoms with Crippen LogP contribution in [0.4, 0.5) is 0 Å². The molecular weight excluding hydrogens is 268 g/mol. The lowest BCUT2D eigenvalue weighted by Crippen LogP contribution is -2.33. The number of H-pyrrole nitrogens is 1. The zero-order valence-electron chi connectivity index (χ0n) is 9.34. The van der Waals surface area contributed by atoms with Crippen LogP contribution in [0.3, 0.4) is 0 Å². The van der Waals surface area contributed by atoms with Crippen molar-refractivity contribution in [3.63, 3.8) is 0 Å². The topological polar surface area (TPSA) is 90.5 Å². The number of likely N-dealkylation sites (N-methyl/N-ethyl adjacent to an activating group) is 1. The fourth-order valence-corrected chi connectivity index (χ4v) is 2.72. The summed E-state index contributed by atoms with van der Waals surface area (Å²) >= 11 is 5.55. The van der Waals surface area contributed by atoms with E-state index < -0.39 is 21.7 Å². The molecule has 1 unspecified atom stereocenters. The van der Waals surface area contributed by atoms with E-state index in [1.165, 1.54) is 14.0 Å². The molecule has 6 nitrogen and oxygen atoms in total. The summed E-state index contributed by atoms with van der Waals surface area (Å²) < 4.78 is 24.9. The third-order valence-corrected chi connectivity index (χ3v) is 4.14. The van der Waals surface area contributed by atoms with Crippen molar-refractivity contribution in [3.8, 4) is 0 Å². The van der Waals surface area contributed by atoms with E-state index >= 15 is 0 Å². The minimum Gasteiger partial charge on any atom is -0.392 e. The average molecular weight is 281 g/mol. The highest BCUT2D eigenvalue weighted by Gasteiger charge is 2.22. The normalized spacial score (nSPS) is 13.9. The van der Waals surface area contributed by atoms with Gasteiger partial charge in [-0.05, 0) is 13.0 Å². The van der Waals surface area contributed by atoms with Crippen LogP contribution in [0, 0.1) is 0 Å². The van der Waals surface area contributed by atoms with E-state index in [-0.39, 0.29) is 16.5 Å². The van der Waals surface area contributed by atoms with E-state index in [1.54, 1.807) is 0 Å². The second-order valence-corrected chi connectivity index (χ2v) is 6.10. The van der Waals surface area contributed by atoms with Gasteiger partial charge in [0.15, 0.2) is 0 Å². The number of halogens is 1. The van der Waals surface area contributed by atoms with Gasteiger partial charge in [-0.25, -0.2) is 8.42 Å². The summed E-state index contributed by atoms with van der Waals surface area (Å²) in [6, 6.07) is 1.08. The number of nitrogens with one attached hydrogen (secondary N) is 1. The molecule has 0 aliphatic carbocycles. The summed E-state index contributed by atoms with van der Waals surface area (Å²) in [5, 5.41) is 8.94. The smallest absolute Gasteiger partial charge is 0.266 e. The molecule has 1 heterocycles. The van der Waals surface area contributed by atoms with Crippen LogP contribution in [0.1, 0.15) is 6.92 Å². The Morgan fingerprint density at radius 2 is 2.18 bits per heavy atom. The third kappa shape index (κ3) is 3.29. The van der Waals surface area contributed by atoms with Crippen molar-refractivity contribution in [2.75, 3.05) is 13.6 Å². The number of hydrogen-bond acceptors (Lipinski definition) is 4. The fraction of sp³-hybridized carbons (Fsp3) is 0.444. The molecule has 2 N–H and O–H groups in total. The van der Waals surface area contributed by atoms with Gasteiger partial charge < -0.3 is 10.1 Å². The number of aliphatic hydroxyl groups excluding tert-OH is 1. The highest BCUT2D eigenvalue weighted by Crippen LogP contribution is 2.15. The summed E-state index contributed by atoms with van der Waals surface area (Å²) in [4.78, 5) is 13.1. The number of rotatable bonds is 4. The SMILES string of the molecule is CC(O)CN(C)S(=O)(=O)c1c[nH]c(=O)c(Cl)c1. The van der Waals surface area contributed by atoms with Gasteiger partial charge in [-0.15, -0.1) is 0 Å².